The van der Waals surface area contributed by atoms with E-state index in [4.69, 9.17) is 0 Å². The van der Waals surface area contributed by atoms with E-state index in [1.165, 1.54) is 16.8 Å². The summed E-state index contributed by atoms with van der Waals surface area (Å²) in [4.78, 5) is 0. The van der Waals surface area contributed by atoms with Gasteiger partial charge in [0, 0.05) is 5.70 Å². The van der Waals surface area contributed by atoms with Gasteiger partial charge >= 0.3 is 0 Å². The van der Waals surface area contributed by atoms with E-state index >= 15 is 0 Å². The number of nitrogens with one attached hydrogen (secondary N) is 2. The molecule has 90 valence electrons. The van der Waals surface area contributed by atoms with Crippen molar-refractivity contribution in [2.75, 3.05) is 6.67 Å². The Labute approximate surface area is 107 Å². The molecule has 2 aromatic carbocycles. The molecular weight excluding hydrogens is 220 g/mol. The molecule has 2 aromatic rings. The zero-order valence-corrected chi connectivity index (χ0v) is 10.1. The van der Waals surface area contributed by atoms with Gasteiger partial charge in [-0.15, -0.1) is 0 Å². The van der Waals surface area contributed by atoms with Crippen LogP contribution in [0.3, 0.4) is 0 Å². The molecule has 1 aliphatic heterocycles. The molecule has 0 radical (unpaired) electrons. The molecule has 0 bridgehead atoms. The number of hydrogen-bond donors (Lipinski definition) is 2. The van der Waals surface area contributed by atoms with E-state index in [1.54, 1.807) is 0 Å². The predicted octanol–water partition coefficient (Wildman–Crippen LogP) is 2.92. The Morgan fingerprint density at radius 3 is 2.22 bits per heavy atom. The van der Waals surface area contributed by atoms with Crippen molar-refractivity contribution in [2.45, 2.75) is 6.04 Å². The minimum Gasteiger partial charge on any atom is -0.372 e. The molecule has 0 fully saturated rings. The first kappa shape index (κ1) is 11.1. The average Bonchev–Trinajstić information content (AvgIpc) is 2.49. The van der Waals surface area contributed by atoms with Crippen LogP contribution in [-0.4, -0.2) is 6.67 Å². The molecule has 0 amide bonds. The fraction of sp³-hybridized carbons (Fsp3) is 0.125. The van der Waals surface area contributed by atoms with Crippen molar-refractivity contribution >= 4 is 5.70 Å². The molecule has 1 aliphatic rings. The van der Waals surface area contributed by atoms with E-state index in [2.05, 4.69) is 65.2 Å². The van der Waals surface area contributed by atoms with Gasteiger partial charge in [-0.3, -0.25) is 5.32 Å². The van der Waals surface area contributed by atoms with E-state index < -0.39 is 0 Å². The topological polar surface area (TPSA) is 24.1 Å². The van der Waals surface area contributed by atoms with E-state index in [0.717, 1.165) is 6.67 Å². The SMILES string of the molecule is C1=C(c2ccccc2)NCNC1c1ccccc1. The lowest BCUT2D eigenvalue weighted by atomic mass is 10.0. The molecule has 2 N–H and O–H groups in total. The normalized spacial score (nSPS) is 18.9. The van der Waals surface area contributed by atoms with Gasteiger partial charge in [-0.1, -0.05) is 60.7 Å². The molecule has 1 atom stereocenters. The van der Waals surface area contributed by atoms with Crippen molar-refractivity contribution in [2.24, 2.45) is 0 Å². The Kier molecular flexibility index (Phi) is 3.11. The smallest absolute Gasteiger partial charge is 0.0660 e. The van der Waals surface area contributed by atoms with Crippen molar-refractivity contribution in [1.82, 2.24) is 10.6 Å². The van der Waals surface area contributed by atoms with Gasteiger partial charge in [-0.05, 0) is 17.2 Å². The second-order valence-electron chi connectivity index (χ2n) is 4.39. The minimum atomic E-state index is 0.280. The van der Waals surface area contributed by atoms with E-state index in [9.17, 15) is 0 Å². The number of rotatable bonds is 2. The molecule has 0 saturated heterocycles. The van der Waals surface area contributed by atoms with Crippen molar-refractivity contribution in [1.29, 1.82) is 0 Å². The largest absolute Gasteiger partial charge is 0.372 e. The summed E-state index contributed by atoms with van der Waals surface area (Å²) in [6.45, 7) is 0.792. The maximum atomic E-state index is 3.45. The van der Waals surface area contributed by atoms with Gasteiger partial charge in [0.15, 0.2) is 0 Å². The third-order valence-electron chi connectivity index (χ3n) is 3.18. The molecule has 2 heteroatoms. The zero-order chi connectivity index (χ0) is 12.2. The van der Waals surface area contributed by atoms with Crippen LogP contribution < -0.4 is 10.6 Å². The fourth-order valence-corrected chi connectivity index (χ4v) is 2.23. The van der Waals surface area contributed by atoms with Gasteiger partial charge in [-0.2, -0.15) is 0 Å². The van der Waals surface area contributed by atoms with Gasteiger partial charge in [-0.25, -0.2) is 0 Å². The van der Waals surface area contributed by atoms with Crippen molar-refractivity contribution in [3.8, 4) is 0 Å². The molecule has 1 heterocycles. The Morgan fingerprint density at radius 2 is 1.50 bits per heavy atom. The molecule has 0 aromatic heterocycles. The first-order chi connectivity index (χ1) is 8.93. The maximum Gasteiger partial charge on any atom is 0.0660 e. The van der Waals surface area contributed by atoms with Gasteiger partial charge in [0.05, 0.1) is 12.7 Å². The fourth-order valence-electron chi connectivity index (χ4n) is 2.23. The van der Waals surface area contributed by atoms with Crippen LogP contribution in [0.1, 0.15) is 17.2 Å². The summed E-state index contributed by atoms with van der Waals surface area (Å²) in [6, 6.07) is 21.2. The van der Waals surface area contributed by atoms with Gasteiger partial charge in [0.1, 0.15) is 0 Å². The molecule has 0 spiro atoms. The minimum absolute atomic E-state index is 0.280. The highest BCUT2D eigenvalue weighted by Gasteiger charge is 2.14. The summed E-state index contributed by atoms with van der Waals surface area (Å²) >= 11 is 0. The van der Waals surface area contributed by atoms with Crippen LogP contribution in [-0.2, 0) is 0 Å². The molecule has 0 saturated carbocycles. The van der Waals surface area contributed by atoms with Crippen LogP contribution in [0.4, 0.5) is 0 Å². The van der Waals surface area contributed by atoms with Crippen LogP contribution in [0.25, 0.3) is 5.70 Å². The number of benzene rings is 2. The lowest BCUT2D eigenvalue weighted by Crippen LogP contribution is -2.35. The van der Waals surface area contributed by atoms with Crippen LogP contribution >= 0.6 is 0 Å². The first-order valence-electron chi connectivity index (χ1n) is 6.23. The van der Waals surface area contributed by atoms with Crippen molar-refractivity contribution < 1.29 is 0 Å². The van der Waals surface area contributed by atoms with E-state index in [-0.39, 0.29) is 6.04 Å². The zero-order valence-electron chi connectivity index (χ0n) is 10.1. The Morgan fingerprint density at radius 1 is 0.833 bits per heavy atom. The quantitative estimate of drug-likeness (QED) is 0.837. The van der Waals surface area contributed by atoms with Crippen LogP contribution in [0.2, 0.25) is 0 Å². The monoisotopic (exact) mass is 236 g/mol. The standard InChI is InChI=1S/C16H16N2/c1-3-7-13(8-4-1)15-11-16(18-12-17-15)14-9-5-2-6-10-14/h1-11,15,17-18H,12H2. The highest BCUT2D eigenvalue weighted by molar-refractivity contribution is 5.65. The summed E-state index contributed by atoms with van der Waals surface area (Å²) in [5.41, 5.74) is 3.73. The first-order valence-corrected chi connectivity index (χ1v) is 6.23. The summed E-state index contributed by atoms with van der Waals surface area (Å²) in [5, 5.41) is 6.83. The summed E-state index contributed by atoms with van der Waals surface area (Å²) in [5.74, 6) is 0. The highest BCUT2D eigenvalue weighted by atomic mass is 15.1. The van der Waals surface area contributed by atoms with Gasteiger partial charge < -0.3 is 5.32 Å². The molecule has 2 nitrogen and oxygen atoms in total. The maximum absolute atomic E-state index is 3.45. The lowest BCUT2D eigenvalue weighted by Gasteiger charge is -2.25. The Balaban J connectivity index is 1.91. The molecule has 18 heavy (non-hydrogen) atoms. The second kappa shape index (κ2) is 5.07. The molecule has 3 rings (SSSR count). The molecular formula is C16H16N2. The van der Waals surface area contributed by atoms with Gasteiger partial charge in [0.2, 0.25) is 0 Å². The molecule has 1 unspecified atom stereocenters. The van der Waals surface area contributed by atoms with Gasteiger partial charge in [0.25, 0.3) is 0 Å². The third kappa shape index (κ3) is 2.29. The number of hydrogen-bond acceptors (Lipinski definition) is 2. The molecule has 0 aliphatic carbocycles. The predicted molar refractivity (Wildman–Crippen MR) is 74.7 cm³/mol. The van der Waals surface area contributed by atoms with Crippen LogP contribution in [0.5, 0.6) is 0 Å². The van der Waals surface area contributed by atoms with E-state index in [1.807, 2.05) is 12.1 Å². The Bertz CT molecular complexity index is 532. The van der Waals surface area contributed by atoms with E-state index in [0.29, 0.717) is 0 Å². The highest BCUT2D eigenvalue weighted by Crippen LogP contribution is 2.22. The average molecular weight is 236 g/mol. The van der Waals surface area contributed by atoms with Crippen molar-refractivity contribution in [3.05, 3.63) is 77.9 Å². The summed E-state index contributed by atoms with van der Waals surface area (Å²) < 4.78 is 0. The third-order valence-corrected chi connectivity index (χ3v) is 3.18. The summed E-state index contributed by atoms with van der Waals surface area (Å²) in [6.07, 6.45) is 2.24. The van der Waals surface area contributed by atoms with Crippen LogP contribution in [0, 0.1) is 0 Å². The second-order valence-corrected chi connectivity index (χ2v) is 4.39. The Hall–Kier alpha value is -2.06. The lowest BCUT2D eigenvalue weighted by molar-refractivity contribution is 0.574. The van der Waals surface area contributed by atoms with Crippen molar-refractivity contribution in [3.63, 3.8) is 0 Å². The summed E-state index contributed by atoms with van der Waals surface area (Å²) in [7, 11) is 0. The van der Waals surface area contributed by atoms with Crippen LogP contribution in [0.15, 0.2) is 66.7 Å².